The molecule has 3 aromatic rings. The zero-order valence-electron chi connectivity index (χ0n) is 13.2. The van der Waals surface area contributed by atoms with Crippen molar-refractivity contribution in [1.82, 2.24) is 9.55 Å². The van der Waals surface area contributed by atoms with Gasteiger partial charge in [-0.05, 0) is 53.9 Å². The number of nitrogens with zero attached hydrogens (tertiary/aromatic N) is 3. The van der Waals surface area contributed by atoms with Crippen molar-refractivity contribution < 1.29 is 0 Å². The molecule has 0 radical (unpaired) electrons. The van der Waals surface area contributed by atoms with E-state index in [4.69, 9.17) is 4.99 Å². The predicted molar refractivity (Wildman–Crippen MR) is 96.3 cm³/mol. The number of rotatable bonds is 2. The number of fused-ring (bicyclic) bond motifs is 1. The Labute approximate surface area is 138 Å². The molecular weight excluding hydrogens is 338 g/mol. The van der Waals surface area contributed by atoms with Crippen LogP contribution in [0.1, 0.15) is 22.5 Å². The third-order valence-electron chi connectivity index (χ3n) is 3.90. The van der Waals surface area contributed by atoms with Gasteiger partial charge < -0.3 is 4.57 Å². The Bertz CT molecular complexity index is 874. The third kappa shape index (κ3) is 2.59. The summed E-state index contributed by atoms with van der Waals surface area (Å²) in [7, 11) is 2.03. The molecule has 0 aliphatic heterocycles. The van der Waals surface area contributed by atoms with Gasteiger partial charge >= 0.3 is 0 Å². The number of aryl methyl sites for hydroxylation is 4. The average molecular weight is 356 g/mol. The van der Waals surface area contributed by atoms with Crippen LogP contribution < -0.4 is 0 Å². The van der Waals surface area contributed by atoms with Gasteiger partial charge in [0.15, 0.2) is 0 Å². The smallest absolute Gasteiger partial charge is 0.106 e. The third-order valence-corrected chi connectivity index (χ3v) is 4.90. The van der Waals surface area contributed by atoms with E-state index in [-0.39, 0.29) is 0 Å². The summed E-state index contributed by atoms with van der Waals surface area (Å²) in [6, 6.07) is 10.4. The lowest BCUT2D eigenvalue weighted by atomic mass is 10.1. The van der Waals surface area contributed by atoms with E-state index in [0.717, 1.165) is 38.1 Å². The Hall–Kier alpha value is -1.94. The Morgan fingerprint density at radius 1 is 1.14 bits per heavy atom. The number of imidazole rings is 1. The van der Waals surface area contributed by atoms with Crippen molar-refractivity contribution in [3.05, 3.63) is 57.3 Å². The zero-order chi connectivity index (χ0) is 15.9. The summed E-state index contributed by atoms with van der Waals surface area (Å²) in [6.45, 7) is 6.16. The summed E-state index contributed by atoms with van der Waals surface area (Å²) >= 11 is 3.68. The van der Waals surface area contributed by atoms with Gasteiger partial charge in [0.2, 0.25) is 0 Å². The molecule has 0 saturated heterocycles. The molecule has 0 bridgehead atoms. The molecule has 0 N–H and O–H groups in total. The lowest BCUT2D eigenvalue weighted by Crippen LogP contribution is -1.92. The van der Waals surface area contributed by atoms with Crippen LogP contribution in [0.2, 0.25) is 0 Å². The highest BCUT2D eigenvalue weighted by atomic mass is 79.9. The van der Waals surface area contributed by atoms with E-state index >= 15 is 0 Å². The van der Waals surface area contributed by atoms with Gasteiger partial charge in [0.05, 0.1) is 11.0 Å². The number of benzene rings is 2. The first-order valence-electron chi connectivity index (χ1n) is 7.20. The fourth-order valence-electron chi connectivity index (χ4n) is 2.49. The normalized spacial score (nSPS) is 11.7. The molecule has 22 heavy (non-hydrogen) atoms. The molecule has 112 valence electrons. The number of hydrogen-bond acceptors (Lipinski definition) is 2. The number of aromatic nitrogens is 2. The van der Waals surface area contributed by atoms with Gasteiger partial charge in [-0.25, -0.2) is 4.98 Å². The molecule has 0 spiro atoms. The van der Waals surface area contributed by atoms with Crippen molar-refractivity contribution in [3.63, 3.8) is 0 Å². The van der Waals surface area contributed by atoms with Crippen LogP contribution in [0.5, 0.6) is 0 Å². The molecule has 2 aromatic carbocycles. The highest BCUT2D eigenvalue weighted by molar-refractivity contribution is 9.10. The molecule has 0 aliphatic rings. The molecule has 0 atom stereocenters. The quantitative estimate of drug-likeness (QED) is 0.594. The monoisotopic (exact) mass is 355 g/mol. The van der Waals surface area contributed by atoms with Crippen LogP contribution in [-0.2, 0) is 7.05 Å². The largest absolute Gasteiger partial charge is 0.330 e. The maximum Gasteiger partial charge on any atom is 0.106 e. The van der Waals surface area contributed by atoms with Crippen LogP contribution in [-0.4, -0.2) is 15.8 Å². The molecule has 3 rings (SSSR count). The zero-order valence-corrected chi connectivity index (χ0v) is 14.8. The molecule has 0 fully saturated rings. The summed E-state index contributed by atoms with van der Waals surface area (Å²) in [5.41, 5.74) is 6.44. The van der Waals surface area contributed by atoms with E-state index in [1.807, 2.05) is 20.2 Å². The predicted octanol–water partition coefficient (Wildman–Crippen LogP) is 5.01. The second-order valence-corrected chi connectivity index (χ2v) is 6.40. The first-order valence-corrected chi connectivity index (χ1v) is 7.99. The van der Waals surface area contributed by atoms with Gasteiger partial charge in [0, 0.05) is 17.7 Å². The van der Waals surface area contributed by atoms with Crippen LogP contribution in [0.15, 0.2) is 39.8 Å². The molecule has 1 heterocycles. The van der Waals surface area contributed by atoms with E-state index < -0.39 is 0 Å². The second kappa shape index (κ2) is 5.69. The van der Waals surface area contributed by atoms with Gasteiger partial charge in [-0.1, -0.05) is 29.8 Å². The fraction of sp³-hybridized carbons (Fsp3) is 0.222. The lowest BCUT2D eigenvalue weighted by Gasteiger charge is -2.07. The van der Waals surface area contributed by atoms with Gasteiger partial charge in [-0.2, -0.15) is 0 Å². The van der Waals surface area contributed by atoms with Gasteiger partial charge in [-0.3, -0.25) is 4.99 Å². The van der Waals surface area contributed by atoms with E-state index in [2.05, 4.69) is 69.7 Å². The molecule has 1 aromatic heterocycles. The van der Waals surface area contributed by atoms with E-state index in [1.165, 1.54) is 5.56 Å². The molecule has 0 aliphatic carbocycles. The van der Waals surface area contributed by atoms with E-state index in [0.29, 0.717) is 0 Å². The highest BCUT2D eigenvalue weighted by Gasteiger charge is 2.14. The summed E-state index contributed by atoms with van der Waals surface area (Å²) < 4.78 is 3.10. The van der Waals surface area contributed by atoms with Crippen LogP contribution in [0.4, 0.5) is 5.69 Å². The van der Waals surface area contributed by atoms with Crippen LogP contribution in [0, 0.1) is 20.8 Å². The van der Waals surface area contributed by atoms with E-state index in [9.17, 15) is 0 Å². The Morgan fingerprint density at radius 3 is 2.50 bits per heavy atom. The number of hydrogen-bond donors (Lipinski definition) is 0. The van der Waals surface area contributed by atoms with Crippen molar-refractivity contribution in [2.75, 3.05) is 0 Å². The van der Waals surface area contributed by atoms with Crippen molar-refractivity contribution in [3.8, 4) is 0 Å². The van der Waals surface area contributed by atoms with Crippen molar-refractivity contribution in [2.24, 2.45) is 12.0 Å². The Balaban J connectivity index is 2.16. The summed E-state index contributed by atoms with van der Waals surface area (Å²) in [5, 5.41) is 0. The topological polar surface area (TPSA) is 30.2 Å². The Morgan fingerprint density at radius 2 is 1.82 bits per heavy atom. The number of halogens is 1. The standard InChI is InChI=1S/C18H18BrN3/c1-11-5-7-14(8-6-11)10-20-17-16(19)12(2)9-15-18(17)22(4)13(3)21-15/h5-10H,1-4H3. The SMILES string of the molecule is Cc1ccc(C=Nc2c(Br)c(C)cc3nc(C)n(C)c23)cc1. The van der Waals surface area contributed by atoms with Crippen LogP contribution in [0.3, 0.4) is 0 Å². The minimum Gasteiger partial charge on any atom is -0.330 e. The van der Waals surface area contributed by atoms with Crippen LogP contribution >= 0.6 is 15.9 Å². The molecule has 0 saturated carbocycles. The lowest BCUT2D eigenvalue weighted by molar-refractivity contribution is 0.886. The summed E-state index contributed by atoms with van der Waals surface area (Å²) in [6.07, 6.45) is 1.90. The fourth-order valence-corrected chi connectivity index (χ4v) is 2.89. The first kappa shape index (κ1) is 15.0. The minimum atomic E-state index is 0.929. The van der Waals surface area contributed by atoms with Gasteiger partial charge in [0.25, 0.3) is 0 Å². The first-order chi connectivity index (χ1) is 10.5. The summed E-state index contributed by atoms with van der Waals surface area (Å²) in [4.78, 5) is 9.35. The van der Waals surface area contributed by atoms with Crippen molar-refractivity contribution >= 4 is 38.9 Å². The number of aliphatic imine (C=N–C) groups is 1. The molecule has 4 heteroatoms. The van der Waals surface area contributed by atoms with E-state index in [1.54, 1.807) is 0 Å². The minimum absolute atomic E-state index is 0.929. The van der Waals surface area contributed by atoms with Gasteiger partial charge in [0.1, 0.15) is 11.5 Å². The molecule has 0 unspecified atom stereocenters. The van der Waals surface area contributed by atoms with Crippen LogP contribution in [0.25, 0.3) is 11.0 Å². The highest BCUT2D eigenvalue weighted by Crippen LogP contribution is 2.36. The summed E-state index contributed by atoms with van der Waals surface area (Å²) in [5.74, 6) is 0.985. The average Bonchev–Trinajstić information content (AvgIpc) is 2.76. The maximum atomic E-state index is 4.74. The molecular formula is C18H18BrN3. The maximum absolute atomic E-state index is 4.74. The van der Waals surface area contributed by atoms with Crippen molar-refractivity contribution in [2.45, 2.75) is 20.8 Å². The molecule has 3 nitrogen and oxygen atoms in total. The second-order valence-electron chi connectivity index (χ2n) is 5.61. The van der Waals surface area contributed by atoms with Gasteiger partial charge in [-0.15, -0.1) is 0 Å². The molecule has 0 amide bonds. The van der Waals surface area contributed by atoms with Crippen molar-refractivity contribution in [1.29, 1.82) is 0 Å². The Kier molecular flexibility index (Phi) is 3.87.